The SMILES string of the molecule is COc1ccc(Cl)cc1C(=O)NC[C@H](c1cn(C)c2ccccc12)N(C)C. The van der Waals surface area contributed by atoms with Gasteiger partial charge in [0.15, 0.2) is 0 Å². The molecule has 3 rings (SSSR count). The normalized spacial score (nSPS) is 12.4. The van der Waals surface area contributed by atoms with Crippen molar-refractivity contribution in [3.8, 4) is 5.75 Å². The van der Waals surface area contributed by atoms with Crippen LogP contribution in [0.15, 0.2) is 48.7 Å². The highest BCUT2D eigenvalue weighted by Gasteiger charge is 2.21. The van der Waals surface area contributed by atoms with Gasteiger partial charge in [-0.25, -0.2) is 0 Å². The van der Waals surface area contributed by atoms with Crippen LogP contribution in [0.5, 0.6) is 5.75 Å². The predicted octanol–water partition coefficient (Wildman–Crippen LogP) is 3.87. The van der Waals surface area contributed by atoms with Gasteiger partial charge in [-0.05, 0) is 43.9 Å². The maximum Gasteiger partial charge on any atom is 0.255 e. The van der Waals surface area contributed by atoms with Gasteiger partial charge in [0.25, 0.3) is 5.91 Å². The second-order valence-electron chi connectivity index (χ2n) is 6.75. The van der Waals surface area contributed by atoms with Crippen molar-refractivity contribution in [3.63, 3.8) is 0 Å². The van der Waals surface area contributed by atoms with Gasteiger partial charge in [0.1, 0.15) is 5.75 Å². The molecule has 0 aliphatic heterocycles. The molecule has 0 spiro atoms. The summed E-state index contributed by atoms with van der Waals surface area (Å²) in [5, 5.41) is 4.71. The Bertz CT molecular complexity index is 965. The molecule has 1 amide bonds. The summed E-state index contributed by atoms with van der Waals surface area (Å²) in [6.07, 6.45) is 2.13. The lowest BCUT2D eigenvalue weighted by Crippen LogP contribution is -2.34. The topological polar surface area (TPSA) is 46.5 Å². The molecule has 142 valence electrons. The standard InChI is InChI=1S/C21H24ClN3O2/c1-24(2)19(17-13-25(3)18-8-6-5-7-15(17)18)12-23-21(26)16-11-14(22)9-10-20(16)27-4/h5-11,13,19H,12H2,1-4H3,(H,23,26)/t19-/m1/s1. The summed E-state index contributed by atoms with van der Waals surface area (Å²) in [6.45, 7) is 0.468. The second-order valence-corrected chi connectivity index (χ2v) is 7.18. The van der Waals surface area contributed by atoms with Crippen LogP contribution in [0.3, 0.4) is 0 Å². The van der Waals surface area contributed by atoms with Crippen molar-refractivity contribution >= 4 is 28.4 Å². The minimum absolute atomic E-state index is 0.0326. The molecule has 1 N–H and O–H groups in total. The van der Waals surface area contributed by atoms with Gasteiger partial charge in [-0.15, -0.1) is 0 Å². The van der Waals surface area contributed by atoms with Gasteiger partial charge in [0.05, 0.1) is 18.7 Å². The predicted molar refractivity (Wildman–Crippen MR) is 110 cm³/mol. The summed E-state index contributed by atoms with van der Waals surface area (Å²) in [7, 11) is 7.60. The van der Waals surface area contributed by atoms with Crippen LogP contribution in [-0.4, -0.2) is 43.1 Å². The molecule has 0 fully saturated rings. The summed E-state index contributed by atoms with van der Waals surface area (Å²) in [5.41, 5.74) is 2.78. The van der Waals surface area contributed by atoms with Crippen LogP contribution in [0.4, 0.5) is 0 Å². The minimum Gasteiger partial charge on any atom is -0.496 e. The Hall–Kier alpha value is -2.50. The van der Waals surface area contributed by atoms with Crippen molar-refractivity contribution in [2.24, 2.45) is 7.05 Å². The van der Waals surface area contributed by atoms with Crippen LogP contribution in [-0.2, 0) is 7.05 Å². The van der Waals surface area contributed by atoms with Gasteiger partial charge < -0.3 is 19.5 Å². The number of carbonyl (C=O) groups is 1. The number of nitrogens with zero attached hydrogens (tertiary/aromatic N) is 2. The molecule has 1 heterocycles. The summed E-state index contributed by atoms with van der Waals surface area (Å²) in [6, 6.07) is 13.3. The van der Waals surface area contributed by atoms with Gasteiger partial charge in [0, 0.05) is 35.7 Å². The number of aryl methyl sites for hydroxylation is 1. The highest BCUT2D eigenvalue weighted by Crippen LogP contribution is 2.28. The van der Waals surface area contributed by atoms with E-state index in [1.807, 2.05) is 33.3 Å². The van der Waals surface area contributed by atoms with Gasteiger partial charge in [-0.2, -0.15) is 0 Å². The molecule has 0 saturated heterocycles. The lowest BCUT2D eigenvalue weighted by molar-refractivity contribution is 0.0939. The number of ether oxygens (including phenoxy) is 1. The summed E-state index contributed by atoms with van der Waals surface area (Å²) < 4.78 is 7.40. The van der Waals surface area contributed by atoms with Crippen LogP contribution in [0.2, 0.25) is 5.02 Å². The van der Waals surface area contributed by atoms with E-state index in [2.05, 4.69) is 33.1 Å². The van der Waals surface area contributed by atoms with E-state index in [0.29, 0.717) is 22.9 Å². The number of halogens is 1. The Kier molecular flexibility index (Phi) is 5.73. The first-order chi connectivity index (χ1) is 12.9. The molecule has 1 atom stereocenters. The monoisotopic (exact) mass is 385 g/mol. The molecule has 5 nitrogen and oxygen atoms in total. The average Bonchev–Trinajstić information content (AvgIpc) is 2.98. The number of benzene rings is 2. The fourth-order valence-electron chi connectivity index (χ4n) is 3.35. The third-order valence-electron chi connectivity index (χ3n) is 4.77. The van der Waals surface area contributed by atoms with Crippen molar-refractivity contribution in [2.45, 2.75) is 6.04 Å². The van der Waals surface area contributed by atoms with Crippen LogP contribution < -0.4 is 10.1 Å². The molecule has 0 aliphatic carbocycles. The molecular weight excluding hydrogens is 362 g/mol. The molecule has 2 aromatic carbocycles. The molecule has 3 aromatic rings. The fraction of sp³-hybridized carbons (Fsp3) is 0.286. The second kappa shape index (κ2) is 8.03. The van der Waals surface area contributed by atoms with E-state index < -0.39 is 0 Å². The number of para-hydroxylation sites is 1. The van der Waals surface area contributed by atoms with E-state index in [1.54, 1.807) is 25.3 Å². The van der Waals surface area contributed by atoms with Crippen molar-refractivity contribution in [3.05, 3.63) is 64.8 Å². The molecule has 6 heteroatoms. The number of hydrogen-bond acceptors (Lipinski definition) is 3. The Balaban J connectivity index is 1.86. The van der Waals surface area contributed by atoms with Crippen molar-refractivity contribution in [2.75, 3.05) is 27.7 Å². The number of aromatic nitrogens is 1. The number of hydrogen-bond donors (Lipinski definition) is 1. The quantitative estimate of drug-likeness (QED) is 0.700. The van der Waals surface area contributed by atoms with E-state index >= 15 is 0 Å². The van der Waals surface area contributed by atoms with E-state index in [4.69, 9.17) is 16.3 Å². The third kappa shape index (κ3) is 3.94. The highest BCUT2D eigenvalue weighted by atomic mass is 35.5. The summed E-state index contributed by atoms with van der Waals surface area (Å²) >= 11 is 6.05. The van der Waals surface area contributed by atoms with E-state index in [-0.39, 0.29) is 11.9 Å². The zero-order chi connectivity index (χ0) is 19.6. The van der Waals surface area contributed by atoms with E-state index in [1.165, 1.54) is 16.5 Å². The number of fused-ring (bicyclic) bond motifs is 1. The maximum absolute atomic E-state index is 12.7. The van der Waals surface area contributed by atoms with Gasteiger partial charge in [0.2, 0.25) is 0 Å². The molecule has 0 aliphatic rings. The molecule has 0 bridgehead atoms. The van der Waals surface area contributed by atoms with Crippen molar-refractivity contribution in [1.82, 2.24) is 14.8 Å². The molecular formula is C21H24ClN3O2. The van der Waals surface area contributed by atoms with Crippen LogP contribution in [0.1, 0.15) is 22.0 Å². The smallest absolute Gasteiger partial charge is 0.255 e. The zero-order valence-corrected chi connectivity index (χ0v) is 16.7. The Labute approximate surface area is 164 Å². The van der Waals surface area contributed by atoms with Gasteiger partial charge in [-0.1, -0.05) is 29.8 Å². The Morgan fingerprint density at radius 2 is 2.00 bits per heavy atom. The van der Waals surface area contributed by atoms with Crippen LogP contribution in [0, 0.1) is 0 Å². The molecule has 1 aromatic heterocycles. The lowest BCUT2D eigenvalue weighted by Gasteiger charge is -2.24. The van der Waals surface area contributed by atoms with E-state index in [0.717, 1.165) is 0 Å². The average molecular weight is 386 g/mol. The number of carbonyl (C=O) groups excluding carboxylic acids is 1. The largest absolute Gasteiger partial charge is 0.496 e. The Morgan fingerprint density at radius 1 is 1.26 bits per heavy atom. The zero-order valence-electron chi connectivity index (χ0n) is 16.0. The van der Waals surface area contributed by atoms with Crippen LogP contribution >= 0.6 is 11.6 Å². The molecule has 0 unspecified atom stereocenters. The number of nitrogens with one attached hydrogen (secondary N) is 1. The number of rotatable bonds is 6. The Morgan fingerprint density at radius 3 is 2.70 bits per heavy atom. The van der Waals surface area contributed by atoms with Crippen molar-refractivity contribution < 1.29 is 9.53 Å². The van der Waals surface area contributed by atoms with E-state index in [9.17, 15) is 4.79 Å². The summed E-state index contributed by atoms with van der Waals surface area (Å²) in [4.78, 5) is 14.8. The first-order valence-corrected chi connectivity index (χ1v) is 9.12. The van der Waals surface area contributed by atoms with Crippen molar-refractivity contribution in [1.29, 1.82) is 0 Å². The number of amides is 1. The molecule has 0 radical (unpaired) electrons. The van der Waals surface area contributed by atoms with Crippen LogP contribution in [0.25, 0.3) is 10.9 Å². The lowest BCUT2D eigenvalue weighted by atomic mass is 10.0. The molecule has 0 saturated carbocycles. The fourth-order valence-corrected chi connectivity index (χ4v) is 3.52. The number of likely N-dealkylation sites (N-methyl/N-ethyl adjacent to an activating group) is 1. The third-order valence-corrected chi connectivity index (χ3v) is 5.01. The van der Waals surface area contributed by atoms with Gasteiger partial charge in [-0.3, -0.25) is 4.79 Å². The highest BCUT2D eigenvalue weighted by molar-refractivity contribution is 6.31. The molecule has 27 heavy (non-hydrogen) atoms. The maximum atomic E-state index is 12.7. The minimum atomic E-state index is -0.207. The number of methoxy groups -OCH3 is 1. The first kappa shape index (κ1) is 19.3. The first-order valence-electron chi connectivity index (χ1n) is 8.74. The van der Waals surface area contributed by atoms with Gasteiger partial charge >= 0.3 is 0 Å². The summed E-state index contributed by atoms with van der Waals surface area (Å²) in [5.74, 6) is 0.296.